The molecule has 0 bridgehead atoms. The van der Waals surface area contributed by atoms with Crippen LogP contribution >= 0.6 is 38.5 Å². The zero-order valence-corrected chi connectivity index (χ0v) is 14.5. The van der Waals surface area contributed by atoms with Gasteiger partial charge in [-0.05, 0) is 69.2 Å². The second-order valence-electron chi connectivity index (χ2n) is 3.91. The normalized spacial score (nSPS) is 11.3. The second-order valence-corrected chi connectivity index (χ2v) is 7.67. The Morgan fingerprint density at radius 3 is 2.63 bits per heavy atom. The maximum absolute atomic E-state index is 12.2. The first-order chi connectivity index (χ1) is 8.88. The van der Waals surface area contributed by atoms with Crippen LogP contribution < -0.4 is 4.72 Å². The molecule has 0 aliphatic heterocycles. The van der Waals surface area contributed by atoms with E-state index in [0.29, 0.717) is 10.2 Å². The number of aromatic nitrogens is 1. The molecule has 0 aliphatic carbocycles. The molecule has 1 aromatic carbocycles. The van der Waals surface area contributed by atoms with Gasteiger partial charge in [-0.3, -0.25) is 9.71 Å². The van der Waals surface area contributed by atoms with Crippen molar-refractivity contribution in [1.82, 2.24) is 4.98 Å². The predicted molar refractivity (Wildman–Crippen MR) is 86.6 cm³/mol. The summed E-state index contributed by atoms with van der Waals surface area (Å²) < 4.78 is 28.5. The molecule has 4 nitrogen and oxygen atoms in total. The topological polar surface area (TPSA) is 59.1 Å². The minimum atomic E-state index is -3.61. The molecule has 1 aromatic heterocycles. The second kappa shape index (κ2) is 5.76. The number of hydrogen-bond donors (Lipinski definition) is 1. The third-order valence-electron chi connectivity index (χ3n) is 2.41. The highest BCUT2D eigenvalue weighted by atomic mass is 127. The highest BCUT2D eigenvalue weighted by Gasteiger charge is 2.15. The third kappa shape index (κ3) is 3.67. The maximum Gasteiger partial charge on any atom is 0.263 e. The first kappa shape index (κ1) is 14.7. The Kier molecular flexibility index (Phi) is 4.46. The Hall–Kier alpha value is -0.670. The van der Waals surface area contributed by atoms with Gasteiger partial charge in [-0.1, -0.05) is 6.07 Å². The van der Waals surface area contributed by atoms with E-state index in [1.165, 1.54) is 18.5 Å². The van der Waals surface area contributed by atoms with Crippen LogP contribution in [0.1, 0.15) is 5.56 Å². The van der Waals surface area contributed by atoms with Crippen LogP contribution in [-0.4, -0.2) is 13.4 Å². The molecule has 0 unspecified atom stereocenters. The average Bonchev–Trinajstić information content (AvgIpc) is 2.33. The van der Waals surface area contributed by atoms with Gasteiger partial charge in [0.05, 0.1) is 0 Å². The summed E-state index contributed by atoms with van der Waals surface area (Å²) in [7, 11) is -3.61. The van der Waals surface area contributed by atoms with Gasteiger partial charge in [-0.15, -0.1) is 0 Å². The number of anilines is 1. The van der Waals surface area contributed by atoms with E-state index < -0.39 is 10.0 Å². The summed E-state index contributed by atoms with van der Waals surface area (Å²) in [5.41, 5.74) is 1.64. The van der Waals surface area contributed by atoms with Crippen LogP contribution in [0.2, 0.25) is 0 Å². The summed E-state index contributed by atoms with van der Waals surface area (Å²) in [6.45, 7) is 1.97. The Labute approximate surface area is 134 Å². The van der Waals surface area contributed by atoms with Crippen molar-refractivity contribution in [3.63, 3.8) is 0 Å². The predicted octanol–water partition coefficient (Wildman–Crippen LogP) is 3.56. The van der Waals surface area contributed by atoms with Crippen molar-refractivity contribution in [1.29, 1.82) is 0 Å². The fraction of sp³-hybridized carbons (Fsp3) is 0.0833. The van der Waals surface area contributed by atoms with Crippen LogP contribution in [0.4, 0.5) is 5.69 Å². The lowest BCUT2D eigenvalue weighted by Gasteiger charge is -2.09. The quantitative estimate of drug-likeness (QED) is 0.724. The zero-order chi connectivity index (χ0) is 14.0. The standard InChI is InChI=1S/C12H10BrIN2O2S/c1-8-2-3-10(5-12(8)14)16-19(17,18)11-4-9(13)6-15-7-11/h2-7,16H,1H3. The SMILES string of the molecule is Cc1ccc(NS(=O)(=O)c2cncc(Br)c2)cc1I. The zero-order valence-electron chi connectivity index (χ0n) is 9.89. The Bertz CT molecular complexity index is 719. The van der Waals surface area contributed by atoms with Gasteiger partial charge in [-0.25, -0.2) is 8.42 Å². The van der Waals surface area contributed by atoms with Gasteiger partial charge in [0.2, 0.25) is 0 Å². The van der Waals surface area contributed by atoms with Crippen molar-refractivity contribution in [3.05, 3.63) is 50.3 Å². The number of nitrogens with one attached hydrogen (secondary N) is 1. The highest BCUT2D eigenvalue weighted by molar-refractivity contribution is 14.1. The van der Waals surface area contributed by atoms with Gasteiger partial charge in [-0.2, -0.15) is 0 Å². The first-order valence-electron chi connectivity index (χ1n) is 5.28. The van der Waals surface area contributed by atoms with Crippen molar-refractivity contribution >= 4 is 54.2 Å². The molecule has 0 amide bonds. The number of sulfonamides is 1. The van der Waals surface area contributed by atoms with Gasteiger partial charge < -0.3 is 0 Å². The molecule has 0 fully saturated rings. The molecule has 19 heavy (non-hydrogen) atoms. The van der Waals surface area contributed by atoms with Crippen molar-refractivity contribution in [2.24, 2.45) is 0 Å². The molecule has 0 spiro atoms. The van der Waals surface area contributed by atoms with Crippen LogP contribution in [0.15, 0.2) is 46.0 Å². The third-order valence-corrected chi connectivity index (χ3v) is 5.36. The van der Waals surface area contributed by atoms with Crippen LogP contribution in [0.3, 0.4) is 0 Å². The lowest BCUT2D eigenvalue weighted by molar-refractivity contribution is 0.600. The van der Waals surface area contributed by atoms with Crippen LogP contribution in [-0.2, 0) is 10.0 Å². The summed E-state index contributed by atoms with van der Waals surface area (Å²) in [6, 6.07) is 6.91. The molecule has 2 aromatic rings. The molecule has 0 aliphatic rings. The number of pyridine rings is 1. The number of aryl methyl sites for hydroxylation is 1. The lowest BCUT2D eigenvalue weighted by Crippen LogP contribution is -2.13. The number of rotatable bonds is 3. The number of benzene rings is 1. The molecule has 0 saturated carbocycles. The Balaban J connectivity index is 2.33. The smallest absolute Gasteiger partial charge is 0.263 e. The Morgan fingerprint density at radius 2 is 2.00 bits per heavy atom. The van der Waals surface area contributed by atoms with Gasteiger partial charge in [0.1, 0.15) is 4.90 Å². The van der Waals surface area contributed by atoms with E-state index >= 15 is 0 Å². The average molecular weight is 453 g/mol. The van der Waals surface area contributed by atoms with E-state index in [4.69, 9.17) is 0 Å². The monoisotopic (exact) mass is 452 g/mol. The van der Waals surface area contributed by atoms with Crippen molar-refractivity contribution in [2.75, 3.05) is 4.72 Å². The molecule has 1 heterocycles. The van der Waals surface area contributed by atoms with E-state index in [1.807, 2.05) is 13.0 Å². The largest absolute Gasteiger partial charge is 0.280 e. The summed E-state index contributed by atoms with van der Waals surface area (Å²) in [4.78, 5) is 3.98. The van der Waals surface area contributed by atoms with Crippen LogP contribution in [0.5, 0.6) is 0 Å². The van der Waals surface area contributed by atoms with Gasteiger partial charge in [0.25, 0.3) is 10.0 Å². The summed E-state index contributed by atoms with van der Waals surface area (Å²) in [5, 5.41) is 0. The molecule has 0 atom stereocenters. The highest BCUT2D eigenvalue weighted by Crippen LogP contribution is 2.21. The molecule has 2 rings (SSSR count). The molecule has 1 N–H and O–H groups in total. The minimum absolute atomic E-state index is 0.123. The first-order valence-corrected chi connectivity index (χ1v) is 8.63. The molecular formula is C12H10BrIN2O2S. The summed E-state index contributed by atoms with van der Waals surface area (Å²) >= 11 is 5.37. The number of nitrogens with zero attached hydrogens (tertiary/aromatic N) is 1. The molecule has 100 valence electrons. The van der Waals surface area contributed by atoms with E-state index in [0.717, 1.165) is 9.13 Å². The fourth-order valence-corrected chi connectivity index (χ4v) is 3.48. The van der Waals surface area contributed by atoms with E-state index in [9.17, 15) is 8.42 Å². The van der Waals surface area contributed by atoms with Crippen molar-refractivity contribution in [2.45, 2.75) is 11.8 Å². The van der Waals surface area contributed by atoms with E-state index in [1.54, 1.807) is 12.1 Å². The lowest BCUT2D eigenvalue weighted by atomic mass is 10.2. The maximum atomic E-state index is 12.2. The number of hydrogen-bond acceptors (Lipinski definition) is 3. The van der Waals surface area contributed by atoms with Gasteiger partial charge in [0, 0.05) is 26.1 Å². The summed E-state index contributed by atoms with van der Waals surface area (Å²) in [6.07, 6.45) is 2.85. The summed E-state index contributed by atoms with van der Waals surface area (Å²) in [5.74, 6) is 0. The molecular weight excluding hydrogens is 443 g/mol. The fourth-order valence-electron chi connectivity index (χ4n) is 1.41. The van der Waals surface area contributed by atoms with Crippen LogP contribution in [0, 0.1) is 10.5 Å². The Morgan fingerprint density at radius 1 is 1.26 bits per heavy atom. The minimum Gasteiger partial charge on any atom is -0.280 e. The van der Waals surface area contributed by atoms with Crippen molar-refractivity contribution < 1.29 is 8.42 Å². The molecule has 0 radical (unpaired) electrons. The van der Waals surface area contributed by atoms with Crippen LogP contribution in [0.25, 0.3) is 0 Å². The van der Waals surface area contributed by atoms with E-state index in [2.05, 4.69) is 48.2 Å². The molecule has 7 heteroatoms. The molecule has 0 saturated heterocycles. The van der Waals surface area contributed by atoms with Crippen molar-refractivity contribution in [3.8, 4) is 0 Å². The number of halogens is 2. The van der Waals surface area contributed by atoms with E-state index in [-0.39, 0.29) is 4.90 Å². The van der Waals surface area contributed by atoms with Gasteiger partial charge >= 0.3 is 0 Å². The van der Waals surface area contributed by atoms with Gasteiger partial charge in [0.15, 0.2) is 0 Å².